The number of Topliss-reactive ketones (excluding diaryl/α,β-unsaturated/α-hetero) is 1. The monoisotopic (exact) mass is 530 g/mol. The van der Waals surface area contributed by atoms with Crippen LogP contribution < -0.4 is 14.2 Å². The molecule has 0 aliphatic carbocycles. The highest BCUT2D eigenvalue weighted by Gasteiger charge is 2.30. The van der Waals surface area contributed by atoms with E-state index in [0.717, 1.165) is 27.0 Å². The molecule has 5 rings (SSSR count). The second-order valence-corrected chi connectivity index (χ2v) is 9.89. The van der Waals surface area contributed by atoms with Crippen LogP contribution in [0.2, 0.25) is 0 Å². The normalized spacial score (nSPS) is 11.1. The predicted octanol–water partition coefficient (Wildman–Crippen LogP) is 7.39. The molecule has 40 heavy (non-hydrogen) atoms. The summed E-state index contributed by atoms with van der Waals surface area (Å²) in [5, 5.41) is 10.9. The van der Waals surface area contributed by atoms with Crippen molar-refractivity contribution in [1.29, 1.82) is 0 Å². The molecule has 5 nitrogen and oxygen atoms in total. The maximum Gasteiger partial charge on any atom is 0.304 e. The zero-order valence-electron chi connectivity index (χ0n) is 22.6. The first kappa shape index (κ1) is 26.7. The molecule has 0 saturated heterocycles. The number of ketones is 1. The van der Waals surface area contributed by atoms with Gasteiger partial charge in [-0.1, -0.05) is 135 Å². The molecule has 1 aromatic heterocycles. The molecule has 1 N–H and O–H groups in total. The summed E-state index contributed by atoms with van der Waals surface area (Å²) in [4.78, 5) is 13.0. The van der Waals surface area contributed by atoms with E-state index in [1.165, 1.54) is 6.20 Å². The summed E-state index contributed by atoms with van der Waals surface area (Å²) in [6.45, 7) is 3.59. The molecular weight excluding hydrogens is 498 g/mol. The molecule has 0 radical (unpaired) electrons. The standard InChI is InChI=1S/C35H32NO4/c1-25(2)33(37)30-23-31(39-34(26-15-7-3-8-16-26)27-17-9-4-10-18-27)32(24-36(30)38)40-35(28-19-11-5-12-20-28)29-21-13-6-14-22-29/h3-25,34-35,38H,1-2H3/q+1. The van der Waals surface area contributed by atoms with Gasteiger partial charge >= 0.3 is 5.69 Å². The van der Waals surface area contributed by atoms with Crippen molar-refractivity contribution in [3.05, 3.63) is 162 Å². The first-order valence-corrected chi connectivity index (χ1v) is 13.4. The van der Waals surface area contributed by atoms with Gasteiger partial charge < -0.3 is 9.47 Å². The van der Waals surface area contributed by atoms with E-state index in [-0.39, 0.29) is 17.4 Å². The summed E-state index contributed by atoms with van der Waals surface area (Å²) in [6.07, 6.45) is 0.452. The average Bonchev–Trinajstić information content (AvgIpc) is 3.00. The lowest BCUT2D eigenvalue weighted by Gasteiger charge is -2.24. The van der Waals surface area contributed by atoms with Crippen LogP contribution in [0.5, 0.6) is 11.5 Å². The minimum Gasteiger partial charge on any atom is -0.477 e. The third-order valence-corrected chi connectivity index (χ3v) is 6.67. The maximum atomic E-state index is 13.0. The van der Waals surface area contributed by atoms with Crippen LogP contribution in [-0.2, 0) is 0 Å². The highest BCUT2D eigenvalue weighted by molar-refractivity contribution is 5.94. The zero-order valence-corrected chi connectivity index (χ0v) is 22.6. The average molecular weight is 531 g/mol. The van der Waals surface area contributed by atoms with Gasteiger partial charge in [-0.05, 0) is 22.3 Å². The van der Waals surface area contributed by atoms with Crippen molar-refractivity contribution in [2.24, 2.45) is 5.92 Å². The second-order valence-electron chi connectivity index (χ2n) is 9.89. The van der Waals surface area contributed by atoms with Gasteiger partial charge in [0.05, 0.1) is 6.07 Å². The van der Waals surface area contributed by atoms with Gasteiger partial charge in [0, 0.05) is 10.6 Å². The third kappa shape index (κ3) is 6.05. The van der Waals surface area contributed by atoms with Gasteiger partial charge in [-0.25, -0.2) is 0 Å². The topological polar surface area (TPSA) is 59.6 Å². The Morgan fingerprint density at radius 3 is 1.30 bits per heavy atom. The van der Waals surface area contributed by atoms with E-state index < -0.39 is 12.2 Å². The molecule has 0 fully saturated rings. The van der Waals surface area contributed by atoms with E-state index in [0.29, 0.717) is 11.5 Å². The van der Waals surface area contributed by atoms with Crippen LogP contribution in [0.25, 0.3) is 0 Å². The molecule has 200 valence electrons. The van der Waals surface area contributed by atoms with Crippen molar-refractivity contribution >= 4 is 5.78 Å². The van der Waals surface area contributed by atoms with Gasteiger partial charge in [-0.3, -0.25) is 10.0 Å². The summed E-state index contributed by atoms with van der Waals surface area (Å²) < 4.78 is 14.2. The number of hydrogen-bond donors (Lipinski definition) is 1. The molecule has 0 spiro atoms. The van der Waals surface area contributed by atoms with Crippen molar-refractivity contribution in [2.45, 2.75) is 26.1 Å². The van der Waals surface area contributed by atoms with Gasteiger partial charge in [-0.15, -0.1) is 0 Å². The minimum atomic E-state index is -0.483. The maximum absolute atomic E-state index is 13.0. The van der Waals surface area contributed by atoms with Gasteiger partial charge in [0.25, 0.3) is 6.20 Å². The van der Waals surface area contributed by atoms with Crippen LogP contribution >= 0.6 is 0 Å². The van der Waals surface area contributed by atoms with E-state index in [2.05, 4.69) is 0 Å². The summed E-state index contributed by atoms with van der Waals surface area (Å²) in [6, 6.07) is 41.1. The molecule has 1 heterocycles. The van der Waals surface area contributed by atoms with Crippen LogP contribution in [-0.4, -0.2) is 11.0 Å². The van der Waals surface area contributed by atoms with Gasteiger partial charge in [0.1, 0.15) is 12.2 Å². The third-order valence-electron chi connectivity index (χ3n) is 6.67. The Balaban J connectivity index is 1.64. The first-order chi connectivity index (χ1) is 19.5. The van der Waals surface area contributed by atoms with Crippen molar-refractivity contribution in [1.82, 2.24) is 0 Å². The number of aromatic nitrogens is 1. The van der Waals surface area contributed by atoms with Gasteiger partial charge in [-0.2, -0.15) is 0 Å². The van der Waals surface area contributed by atoms with E-state index in [9.17, 15) is 10.0 Å². The first-order valence-electron chi connectivity index (χ1n) is 13.4. The minimum absolute atomic E-state index is 0.119. The van der Waals surface area contributed by atoms with Gasteiger partial charge in [0.2, 0.25) is 11.5 Å². The molecule has 0 atom stereocenters. The van der Waals surface area contributed by atoms with Crippen LogP contribution in [0.1, 0.15) is 58.8 Å². The van der Waals surface area contributed by atoms with Gasteiger partial charge in [0.15, 0.2) is 5.75 Å². The number of ether oxygens (including phenoxy) is 2. The number of benzene rings is 4. The fourth-order valence-electron chi connectivity index (χ4n) is 4.59. The fraction of sp³-hybridized carbons (Fsp3) is 0.143. The van der Waals surface area contributed by atoms with Crippen molar-refractivity contribution in [3.8, 4) is 11.5 Å². The van der Waals surface area contributed by atoms with Crippen molar-refractivity contribution in [3.63, 3.8) is 0 Å². The van der Waals surface area contributed by atoms with E-state index in [1.807, 2.05) is 121 Å². The van der Waals surface area contributed by atoms with E-state index in [4.69, 9.17) is 9.47 Å². The molecular formula is C35H32NO4+. The Bertz CT molecular complexity index is 1460. The second kappa shape index (κ2) is 12.3. The summed E-state index contributed by atoms with van der Waals surface area (Å²) in [7, 11) is 0. The fourth-order valence-corrected chi connectivity index (χ4v) is 4.59. The quantitative estimate of drug-likeness (QED) is 0.116. The van der Waals surface area contributed by atoms with Crippen molar-refractivity contribution < 1.29 is 24.2 Å². The van der Waals surface area contributed by atoms with E-state index >= 15 is 0 Å². The zero-order chi connectivity index (χ0) is 27.9. The molecule has 5 aromatic rings. The number of rotatable bonds is 10. The van der Waals surface area contributed by atoms with E-state index in [1.54, 1.807) is 19.9 Å². The van der Waals surface area contributed by atoms with Crippen LogP contribution in [0, 0.1) is 5.92 Å². The molecule has 0 bridgehead atoms. The molecule has 0 aliphatic heterocycles. The lowest BCUT2D eigenvalue weighted by molar-refractivity contribution is -0.906. The molecule has 0 saturated carbocycles. The molecule has 5 heteroatoms. The number of carbonyl (C=O) groups excluding carboxylic acids is 1. The van der Waals surface area contributed by atoms with Crippen molar-refractivity contribution in [2.75, 3.05) is 0 Å². The number of nitrogens with zero attached hydrogens (tertiary/aromatic N) is 1. The van der Waals surface area contributed by atoms with Crippen LogP contribution in [0.4, 0.5) is 0 Å². The lowest BCUT2D eigenvalue weighted by Crippen LogP contribution is -2.39. The lowest BCUT2D eigenvalue weighted by atomic mass is 10.0. The predicted molar refractivity (Wildman–Crippen MR) is 154 cm³/mol. The van der Waals surface area contributed by atoms with Crippen LogP contribution in [0.3, 0.4) is 0 Å². The molecule has 0 aliphatic rings. The number of pyridine rings is 1. The summed E-state index contributed by atoms with van der Waals surface area (Å²) >= 11 is 0. The molecule has 4 aromatic carbocycles. The smallest absolute Gasteiger partial charge is 0.304 e. The largest absolute Gasteiger partial charge is 0.477 e. The highest BCUT2D eigenvalue weighted by Crippen LogP contribution is 2.38. The van der Waals surface area contributed by atoms with Crippen LogP contribution in [0.15, 0.2) is 134 Å². The Morgan fingerprint density at radius 1 is 0.600 bits per heavy atom. The Morgan fingerprint density at radius 2 is 0.950 bits per heavy atom. The molecule has 0 amide bonds. The number of carbonyl (C=O) groups is 1. The molecule has 0 unspecified atom stereocenters. The SMILES string of the molecule is CC(C)C(=O)c1cc(OC(c2ccccc2)c2ccccc2)c(OC(c2ccccc2)c2ccccc2)c[n+]1O. The Labute approximate surface area is 234 Å². The summed E-state index contributed by atoms with van der Waals surface area (Å²) in [5.74, 6) is 0.122. The summed E-state index contributed by atoms with van der Waals surface area (Å²) in [5.41, 5.74) is 3.89. The Hall–Kier alpha value is -4.90. The Kier molecular flexibility index (Phi) is 8.21. The highest BCUT2D eigenvalue weighted by atomic mass is 16.5. The number of hydrogen-bond acceptors (Lipinski definition) is 4.